The van der Waals surface area contributed by atoms with Gasteiger partial charge in [0.05, 0.1) is 13.2 Å². The number of hydrogen-bond acceptors (Lipinski definition) is 6. The standard InChI is InChI=1S/C28H42BrN3O5/c1-6-32(7-2)26(31-21-10-8-9-20(29)17-21)30-15-16-33-24-19(4)23-12-11-18(3)22-13-14-27(5)35-25(34-24)28(22,23)37-36-27/h8-10,17-19,22-25H,6-7,11-16H2,1-5H3,(H,30,31)/t18-,19-,22+,23+,24+,25-,27+,28?/m1/s1. The molecule has 5 fully saturated rings. The minimum absolute atomic E-state index is 0.159. The number of anilines is 1. The van der Waals surface area contributed by atoms with Gasteiger partial charge in [0, 0.05) is 41.5 Å². The molecule has 1 unspecified atom stereocenters. The molecule has 0 amide bonds. The molecule has 1 saturated carbocycles. The number of hydrogen-bond donors (Lipinski definition) is 1. The number of rotatable bonds is 7. The lowest BCUT2D eigenvalue weighted by atomic mass is 9.58. The maximum absolute atomic E-state index is 6.53. The Hall–Kier alpha value is -1.23. The summed E-state index contributed by atoms with van der Waals surface area (Å²) in [7, 11) is 0. The maximum Gasteiger partial charge on any atom is 0.201 e. The van der Waals surface area contributed by atoms with Gasteiger partial charge in [-0.15, -0.1) is 0 Å². The van der Waals surface area contributed by atoms with Crippen molar-refractivity contribution >= 4 is 27.6 Å². The van der Waals surface area contributed by atoms with Crippen LogP contribution >= 0.6 is 15.9 Å². The lowest BCUT2D eigenvalue weighted by Gasteiger charge is -2.60. The molecule has 0 radical (unpaired) electrons. The molecule has 4 aliphatic heterocycles. The summed E-state index contributed by atoms with van der Waals surface area (Å²) in [5.41, 5.74) is 0.433. The van der Waals surface area contributed by atoms with Crippen LogP contribution in [-0.2, 0) is 24.0 Å². The minimum Gasteiger partial charge on any atom is -0.350 e. The smallest absolute Gasteiger partial charge is 0.201 e. The Balaban J connectivity index is 1.27. The molecule has 1 spiro atoms. The molecular weight excluding hydrogens is 538 g/mol. The van der Waals surface area contributed by atoms with Gasteiger partial charge in [0.1, 0.15) is 0 Å². The Bertz CT molecular complexity index is 977. The van der Waals surface area contributed by atoms with E-state index in [2.05, 4.69) is 53.8 Å². The molecule has 1 aliphatic carbocycles. The Labute approximate surface area is 229 Å². The van der Waals surface area contributed by atoms with Gasteiger partial charge in [0.2, 0.25) is 5.79 Å². The summed E-state index contributed by atoms with van der Waals surface area (Å²) in [6.45, 7) is 13.5. The fourth-order valence-corrected chi connectivity index (χ4v) is 7.22. The highest BCUT2D eigenvalue weighted by Gasteiger charge is 2.69. The van der Waals surface area contributed by atoms with Crippen molar-refractivity contribution in [3.05, 3.63) is 28.7 Å². The quantitative estimate of drug-likeness (QED) is 0.190. The van der Waals surface area contributed by atoms with Crippen molar-refractivity contribution in [3.8, 4) is 0 Å². The third-order valence-corrected chi connectivity index (χ3v) is 9.37. The SMILES string of the molecule is CCN(CC)C(=NCCO[C@H]1O[C@@H]2O[C@]3(C)CC[C@H]4[C@H](C)CC[C@@H]([C@H]1C)C24OO3)Nc1cccc(Br)c1. The molecule has 1 N–H and O–H groups in total. The average Bonchev–Trinajstić information content (AvgIpc) is 3.11. The Morgan fingerprint density at radius 1 is 1.16 bits per heavy atom. The van der Waals surface area contributed by atoms with E-state index in [1.165, 1.54) is 6.42 Å². The van der Waals surface area contributed by atoms with Crippen LogP contribution in [0.15, 0.2) is 33.7 Å². The zero-order valence-corrected chi connectivity index (χ0v) is 24.3. The third-order valence-electron chi connectivity index (χ3n) is 8.88. The normalized spacial score (nSPS) is 39.1. The third kappa shape index (κ3) is 5.20. The lowest BCUT2D eigenvalue weighted by molar-refractivity contribution is -0.577. The predicted octanol–water partition coefficient (Wildman–Crippen LogP) is 5.78. The highest BCUT2D eigenvalue weighted by atomic mass is 79.9. The van der Waals surface area contributed by atoms with Crippen molar-refractivity contribution in [3.63, 3.8) is 0 Å². The van der Waals surface area contributed by atoms with E-state index in [9.17, 15) is 0 Å². The number of ether oxygens (including phenoxy) is 3. The number of aliphatic imine (C=N–C) groups is 1. The first-order valence-electron chi connectivity index (χ1n) is 13.9. The van der Waals surface area contributed by atoms with Crippen LogP contribution in [0.3, 0.4) is 0 Å². The van der Waals surface area contributed by atoms with Gasteiger partial charge in [-0.25, -0.2) is 9.78 Å². The lowest BCUT2D eigenvalue weighted by Crippen LogP contribution is -2.70. The summed E-state index contributed by atoms with van der Waals surface area (Å²) in [6.07, 6.45) is 3.22. The molecule has 6 rings (SSSR count). The van der Waals surface area contributed by atoms with Crippen LogP contribution in [0, 0.1) is 23.7 Å². The van der Waals surface area contributed by atoms with Gasteiger partial charge in [0.15, 0.2) is 24.1 Å². The molecule has 2 bridgehead atoms. The zero-order chi connectivity index (χ0) is 26.2. The topological polar surface area (TPSA) is 73.8 Å². The molecule has 4 heterocycles. The second-order valence-corrected chi connectivity index (χ2v) is 12.1. The van der Waals surface area contributed by atoms with Gasteiger partial charge < -0.3 is 24.4 Å². The minimum atomic E-state index is -0.774. The van der Waals surface area contributed by atoms with E-state index in [0.29, 0.717) is 25.0 Å². The molecule has 37 heavy (non-hydrogen) atoms. The van der Waals surface area contributed by atoms with Gasteiger partial charge in [-0.05, 0) is 70.1 Å². The molecule has 8 nitrogen and oxygen atoms in total. The van der Waals surface area contributed by atoms with Gasteiger partial charge in [0.25, 0.3) is 0 Å². The van der Waals surface area contributed by atoms with E-state index >= 15 is 0 Å². The van der Waals surface area contributed by atoms with Crippen molar-refractivity contribution in [1.82, 2.24) is 4.90 Å². The summed E-state index contributed by atoms with van der Waals surface area (Å²) in [4.78, 5) is 19.2. The van der Waals surface area contributed by atoms with Crippen molar-refractivity contribution in [2.45, 2.75) is 84.3 Å². The molecule has 9 heteroatoms. The number of nitrogens with zero attached hydrogens (tertiary/aromatic N) is 2. The number of fused-ring (bicyclic) bond motifs is 2. The van der Waals surface area contributed by atoms with Crippen LogP contribution in [0.4, 0.5) is 5.69 Å². The van der Waals surface area contributed by atoms with Crippen molar-refractivity contribution in [2.75, 3.05) is 31.6 Å². The monoisotopic (exact) mass is 579 g/mol. The highest BCUT2D eigenvalue weighted by Crippen LogP contribution is 2.60. The summed E-state index contributed by atoms with van der Waals surface area (Å²) in [5.74, 6) is 1.39. The molecule has 4 saturated heterocycles. The van der Waals surface area contributed by atoms with Crippen LogP contribution in [0.5, 0.6) is 0 Å². The van der Waals surface area contributed by atoms with Gasteiger partial charge >= 0.3 is 0 Å². The zero-order valence-electron chi connectivity index (χ0n) is 22.7. The average molecular weight is 581 g/mol. The predicted molar refractivity (Wildman–Crippen MR) is 146 cm³/mol. The second kappa shape index (κ2) is 11.1. The van der Waals surface area contributed by atoms with Crippen molar-refractivity contribution in [1.29, 1.82) is 0 Å². The van der Waals surface area contributed by atoms with Crippen LogP contribution in [0.25, 0.3) is 0 Å². The van der Waals surface area contributed by atoms with Crippen LogP contribution in [0.2, 0.25) is 0 Å². The molecule has 5 aliphatic rings. The first-order chi connectivity index (χ1) is 17.8. The van der Waals surface area contributed by atoms with E-state index < -0.39 is 17.7 Å². The van der Waals surface area contributed by atoms with E-state index in [1.807, 2.05) is 31.2 Å². The number of halogens is 1. The van der Waals surface area contributed by atoms with Crippen molar-refractivity contribution in [2.24, 2.45) is 28.7 Å². The summed E-state index contributed by atoms with van der Waals surface area (Å²) in [6, 6.07) is 8.11. The summed E-state index contributed by atoms with van der Waals surface area (Å²) in [5, 5.41) is 3.48. The summed E-state index contributed by atoms with van der Waals surface area (Å²) < 4.78 is 20.3. The van der Waals surface area contributed by atoms with Crippen LogP contribution < -0.4 is 5.32 Å². The Morgan fingerprint density at radius 3 is 2.73 bits per heavy atom. The van der Waals surface area contributed by atoms with Gasteiger partial charge in [-0.3, -0.25) is 4.99 Å². The van der Waals surface area contributed by atoms with E-state index in [1.54, 1.807) is 0 Å². The van der Waals surface area contributed by atoms with Gasteiger partial charge in [-0.1, -0.05) is 35.8 Å². The fourth-order valence-electron chi connectivity index (χ4n) is 6.82. The molecule has 8 atom stereocenters. The molecule has 1 aromatic rings. The van der Waals surface area contributed by atoms with Crippen LogP contribution in [0.1, 0.15) is 60.3 Å². The fraction of sp³-hybridized carbons (Fsp3) is 0.750. The van der Waals surface area contributed by atoms with Crippen LogP contribution in [-0.4, -0.2) is 61.1 Å². The van der Waals surface area contributed by atoms with Crippen molar-refractivity contribution < 1.29 is 24.0 Å². The number of nitrogens with one attached hydrogen (secondary N) is 1. The van der Waals surface area contributed by atoms with E-state index in [4.69, 9.17) is 29.0 Å². The largest absolute Gasteiger partial charge is 0.350 e. The first kappa shape index (κ1) is 27.3. The van der Waals surface area contributed by atoms with E-state index in [0.717, 1.165) is 48.5 Å². The molecule has 1 aromatic carbocycles. The number of benzene rings is 1. The Kier molecular flexibility index (Phi) is 8.20. The second-order valence-electron chi connectivity index (χ2n) is 11.2. The molecular formula is C28H42BrN3O5. The number of guanidine groups is 1. The molecule has 0 aromatic heterocycles. The highest BCUT2D eigenvalue weighted by molar-refractivity contribution is 9.10. The van der Waals surface area contributed by atoms with Gasteiger partial charge in [-0.2, -0.15) is 0 Å². The van der Waals surface area contributed by atoms with E-state index in [-0.39, 0.29) is 18.1 Å². The molecule has 206 valence electrons. The Morgan fingerprint density at radius 2 is 1.97 bits per heavy atom. The maximum atomic E-state index is 6.53. The summed E-state index contributed by atoms with van der Waals surface area (Å²) >= 11 is 3.55. The first-order valence-corrected chi connectivity index (χ1v) is 14.7.